The lowest BCUT2D eigenvalue weighted by Crippen LogP contribution is -2.25. The highest BCUT2D eigenvalue weighted by molar-refractivity contribution is 5.76. The maximum absolute atomic E-state index is 12.3. The zero-order chi connectivity index (χ0) is 13.2. The molecule has 0 bridgehead atoms. The van der Waals surface area contributed by atoms with Crippen molar-refractivity contribution in [3.05, 3.63) is 35.4 Å². The van der Waals surface area contributed by atoms with E-state index in [1.54, 1.807) is 0 Å². The molecule has 1 aliphatic carbocycles. The molecular formula is C13H14F3NO. The second-order valence-electron chi connectivity index (χ2n) is 4.54. The van der Waals surface area contributed by atoms with Gasteiger partial charge in [0.2, 0.25) is 5.91 Å². The molecule has 1 saturated carbocycles. The predicted molar refractivity (Wildman–Crippen MR) is 60.9 cm³/mol. The number of aryl methyl sites for hydroxylation is 1. The molecule has 0 heterocycles. The van der Waals surface area contributed by atoms with Crippen LogP contribution in [-0.4, -0.2) is 11.9 Å². The maximum Gasteiger partial charge on any atom is 0.416 e. The van der Waals surface area contributed by atoms with Crippen molar-refractivity contribution in [3.63, 3.8) is 0 Å². The molecule has 1 N–H and O–H groups in total. The highest BCUT2D eigenvalue weighted by Gasteiger charge is 2.29. The van der Waals surface area contributed by atoms with Gasteiger partial charge in [-0.2, -0.15) is 13.2 Å². The average molecular weight is 257 g/mol. The van der Waals surface area contributed by atoms with Gasteiger partial charge < -0.3 is 5.32 Å². The zero-order valence-electron chi connectivity index (χ0n) is 9.76. The first kappa shape index (κ1) is 12.9. The monoisotopic (exact) mass is 257 g/mol. The molecule has 2 rings (SSSR count). The van der Waals surface area contributed by atoms with Crippen molar-refractivity contribution >= 4 is 5.91 Å². The van der Waals surface area contributed by atoms with Gasteiger partial charge in [0.1, 0.15) is 0 Å². The van der Waals surface area contributed by atoms with E-state index in [0.29, 0.717) is 18.9 Å². The van der Waals surface area contributed by atoms with E-state index in [-0.39, 0.29) is 5.91 Å². The number of carbonyl (C=O) groups is 1. The van der Waals surface area contributed by atoms with E-state index in [4.69, 9.17) is 0 Å². The van der Waals surface area contributed by atoms with Gasteiger partial charge in [0.25, 0.3) is 0 Å². The summed E-state index contributed by atoms with van der Waals surface area (Å²) in [6.45, 7) is 0. The minimum absolute atomic E-state index is 0.0302. The summed E-state index contributed by atoms with van der Waals surface area (Å²) in [6.07, 6.45) is -1.45. The van der Waals surface area contributed by atoms with Crippen LogP contribution in [0.5, 0.6) is 0 Å². The number of alkyl halides is 3. The van der Waals surface area contributed by atoms with Crippen LogP contribution < -0.4 is 5.32 Å². The standard InChI is InChI=1S/C13H14F3NO/c14-13(15,16)10-4-1-9(2-5-10)3-8-12(18)17-11-6-7-11/h1-2,4-5,11H,3,6-8H2,(H,17,18). The van der Waals surface area contributed by atoms with E-state index in [1.807, 2.05) is 0 Å². The Morgan fingerprint density at radius 2 is 1.83 bits per heavy atom. The summed E-state index contributed by atoms with van der Waals surface area (Å²) < 4.78 is 37.0. The molecule has 0 saturated heterocycles. The number of amides is 1. The molecule has 18 heavy (non-hydrogen) atoms. The summed E-state index contributed by atoms with van der Waals surface area (Å²) in [5, 5.41) is 2.84. The molecular weight excluding hydrogens is 243 g/mol. The van der Waals surface area contributed by atoms with Crippen molar-refractivity contribution in [3.8, 4) is 0 Å². The van der Waals surface area contributed by atoms with Gasteiger partial charge in [-0.25, -0.2) is 0 Å². The zero-order valence-corrected chi connectivity index (χ0v) is 9.76. The molecule has 0 spiro atoms. The van der Waals surface area contributed by atoms with E-state index in [9.17, 15) is 18.0 Å². The fourth-order valence-electron chi connectivity index (χ4n) is 1.65. The third-order valence-electron chi connectivity index (χ3n) is 2.86. The van der Waals surface area contributed by atoms with E-state index >= 15 is 0 Å². The lowest BCUT2D eigenvalue weighted by Gasteiger charge is -2.07. The molecule has 98 valence electrons. The van der Waals surface area contributed by atoms with Gasteiger partial charge in [0, 0.05) is 12.5 Å². The molecule has 0 unspecified atom stereocenters. The summed E-state index contributed by atoms with van der Waals surface area (Å²) >= 11 is 0. The Bertz CT molecular complexity index is 421. The Hall–Kier alpha value is -1.52. The lowest BCUT2D eigenvalue weighted by molar-refractivity contribution is -0.137. The van der Waals surface area contributed by atoms with Crippen LogP contribution in [0.3, 0.4) is 0 Å². The fourth-order valence-corrected chi connectivity index (χ4v) is 1.65. The number of hydrogen-bond donors (Lipinski definition) is 1. The number of hydrogen-bond acceptors (Lipinski definition) is 1. The summed E-state index contributed by atoms with van der Waals surface area (Å²) in [6, 6.07) is 5.27. The molecule has 1 aromatic rings. The van der Waals surface area contributed by atoms with Crippen LogP contribution >= 0.6 is 0 Å². The molecule has 0 radical (unpaired) electrons. The van der Waals surface area contributed by atoms with Crippen molar-refractivity contribution in [2.75, 3.05) is 0 Å². The smallest absolute Gasteiger partial charge is 0.353 e. The van der Waals surface area contributed by atoms with Gasteiger partial charge >= 0.3 is 6.18 Å². The Morgan fingerprint density at radius 3 is 2.33 bits per heavy atom. The largest absolute Gasteiger partial charge is 0.416 e. The minimum Gasteiger partial charge on any atom is -0.353 e. The van der Waals surface area contributed by atoms with Crippen LogP contribution in [0.25, 0.3) is 0 Å². The molecule has 0 atom stereocenters. The highest BCUT2D eigenvalue weighted by atomic mass is 19.4. The molecule has 1 fully saturated rings. The van der Waals surface area contributed by atoms with Gasteiger partial charge in [-0.05, 0) is 37.0 Å². The minimum atomic E-state index is -4.30. The topological polar surface area (TPSA) is 29.1 Å². The van der Waals surface area contributed by atoms with Crippen LogP contribution in [0.1, 0.15) is 30.4 Å². The first-order valence-corrected chi connectivity index (χ1v) is 5.90. The SMILES string of the molecule is O=C(CCc1ccc(C(F)(F)F)cc1)NC1CC1. The van der Waals surface area contributed by atoms with E-state index in [2.05, 4.69) is 5.32 Å². The number of benzene rings is 1. The van der Waals surface area contributed by atoms with E-state index < -0.39 is 11.7 Å². The first-order valence-electron chi connectivity index (χ1n) is 5.90. The molecule has 2 nitrogen and oxygen atoms in total. The third kappa shape index (κ3) is 3.75. The van der Waals surface area contributed by atoms with Crippen LogP contribution in [0.15, 0.2) is 24.3 Å². The third-order valence-corrected chi connectivity index (χ3v) is 2.86. The molecule has 5 heteroatoms. The van der Waals surface area contributed by atoms with Gasteiger partial charge in [-0.1, -0.05) is 12.1 Å². The quantitative estimate of drug-likeness (QED) is 0.882. The summed E-state index contributed by atoms with van der Waals surface area (Å²) in [4.78, 5) is 11.4. The predicted octanol–water partition coefficient (Wildman–Crippen LogP) is 2.92. The lowest BCUT2D eigenvalue weighted by atomic mass is 10.1. The van der Waals surface area contributed by atoms with Gasteiger partial charge in [0.05, 0.1) is 5.56 Å². The molecule has 1 aliphatic rings. The number of halogens is 3. The van der Waals surface area contributed by atoms with Gasteiger partial charge in [-0.3, -0.25) is 4.79 Å². The number of carbonyl (C=O) groups excluding carboxylic acids is 1. The van der Waals surface area contributed by atoms with Crippen molar-refractivity contribution in [1.82, 2.24) is 5.32 Å². The normalized spacial score (nSPS) is 15.5. The van der Waals surface area contributed by atoms with Crippen molar-refractivity contribution in [2.45, 2.75) is 37.9 Å². The second-order valence-corrected chi connectivity index (χ2v) is 4.54. The van der Waals surface area contributed by atoms with Crippen molar-refractivity contribution < 1.29 is 18.0 Å². The molecule has 0 aliphatic heterocycles. The molecule has 1 amide bonds. The van der Waals surface area contributed by atoms with Crippen molar-refractivity contribution in [2.24, 2.45) is 0 Å². The first-order chi connectivity index (χ1) is 8.45. The Balaban J connectivity index is 1.84. The summed E-state index contributed by atoms with van der Waals surface area (Å²) in [5.41, 5.74) is 0.0858. The number of nitrogens with one attached hydrogen (secondary N) is 1. The Labute approximate surface area is 103 Å². The number of rotatable bonds is 4. The van der Waals surface area contributed by atoms with Gasteiger partial charge in [-0.15, -0.1) is 0 Å². The molecule has 0 aromatic heterocycles. The summed E-state index contributed by atoms with van der Waals surface area (Å²) in [7, 11) is 0. The van der Waals surface area contributed by atoms with Crippen LogP contribution in [0.2, 0.25) is 0 Å². The Kier molecular flexibility index (Phi) is 3.59. The maximum atomic E-state index is 12.3. The van der Waals surface area contributed by atoms with E-state index in [0.717, 1.165) is 30.5 Å². The second kappa shape index (κ2) is 5.00. The average Bonchev–Trinajstić information content (AvgIpc) is 3.10. The van der Waals surface area contributed by atoms with Crippen LogP contribution in [0, 0.1) is 0 Å². The fraction of sp³-hybridized carbons (Fsp3) is 0.462. The molecule has 1 aromatic carbocycles. The highest BCUT2D eigenvalue weighted by Crippen LogP contribution is 2.29. The summed E-state index contributed by atoms with van der Waals surface area (Å²) in [5.74, 6) is -0.0302. The van der Waals surface area contributed by atoms with E-state index in [1.165, 1.54) is 12.1 Å². The Morgan fingerprint density at radius 1 is 1.22 bits per heavy atom. The van der Waals surface area contributed by atoms with Crippen LogP contribution in [-0.2, 0) is 17.4 Å². The van der Waals surface area contributed by atoms with Crippen LogP contribution in [0.4, 0.5) is 13.2 Å². The van der Waals surface area contributed by atoms with Crippen molar-refractivity contribution in [1.29, 1.82) is 0 Å². The van der Waals surface area contributed by atoms with Gasteiger partial charge in [0.15, 0.2) is 0 Å².